The van der Waals surface area contributed by atoms with Crippen molar-refractivity contribution in [1.29, 1.82) is 0 Å². The van der Waals surface area contributed by atoms with Crippen molar-refractivity contribution in [3.05, 3.63) is 58.1 Å². The number of ether oxygens (including phenoxy) is 3. The van der Waals surface area contributed by atoms with Crippen LogP contribution in [0.4, 0.5) is 13.2 Å². The lowest BCUT2D eigenvalue weighted by molar-refractivity contribution is -0.137. The van der Waals surface area contributed by atoms with E-state index in [1.807, 2.05) is 0 Å². The minimum absolute atomic E-state index is 0.0266. The maximum Gasteiger partial charge on any atom is 0.417 e. The first-order valence-electron chi connectivity index (χ1n) is 10.6. The van der Waals surface area contributed by atoms with E-state index < -0.39 is 29.3 Å². The molecule has 0 radical (unpaired) electrons. The van der Waals surface area contributed by atoms with E-state index in [1.165, 1.54) is 6.07 Å². The molecule has 0 saturated carbocycles. The van der Waals surface area contributed by atoms with Crippen LogP contribution < -0.4 is 20.1 Å². The molecule has 190 valence electrons. The van der Waals surface area contributed by atoms with Crippen molar-refractivity contribution in [1.82, 2.24) is 10.6 Å². The van der Waals surface area contributed by atoms with Crippen molar-refractivity contribution >= 4 is 35.0 Å². The van der Waals surface area contributed by atoms with E-state index in [0.717, 1.165) is 12.1 Å². The number of hydrogen-bond donors (Lipinski definition) is 2. The van der Waals surface area contributed by atoms with Gasteiger partial charge in [0.2, 0.25) is 0 Å². The Morgan fingerprint density at radius 2 is 1.40 bits per heavy atom. The molecule has 1 aliphatic rings. The van der Waals surface area contributed by atoms with Crippen LogP contribution in [0.1, 0.15) is 5.56 Å². The zero-order chi connectivity index (χ0) is 25.4. The average molecular weight is 535 g/mol. The molecule has 0 aromatic heterocycles. The van der Waals surface area contributed by atoms with Crippen LogP contribution in [-0.4, -0.2) is 51.3 Å². The number of nitrogens with one attached hydrogen (secondary N) is 2. The third-order valence-electron chi connectivity index (χ3n) is 5.25. The predicted molar refractivity (Wildman–Crippen MR) is 123 cm³/mol. The van der Waals surface area contributed by atoms with E-state index in [2.05, 4.69) is 10.6 Å². The molecule has 0 bridgehead atoms. The molecule has 0 spiro atoms. The van der Waals surface area contributed by atoms with Gasteiger partial charge in [0.1, 0.15) is 11.5 Å². The normalized spacial score (nSPS) is 17.6. The number of amides is 2. The molecule has 35 heavy (non-hydrogen) atoms. The Morgan fingerprint density at radius 3 is 1.94 bits per heavy atom. The average Bonchev–Trinajstić information content (AvgIpc) is 3.27. The molecule has 12 heteroatoms. The van der Waals surface area contributed by atoms with Gasteiger partial charge in [-0.2, -0.15) is 13.2 Å². The lowest BCUT2D eigenvalue weighted by atomic mass is 9.96. The van der Waals surface area contributed by atoms with Gasteiger partial charge in [-0.25, -0.2) is 0 Å². The van der Waals surface area contributed by atoms with Crippen molar-refractivity contribution < 1.29 is 37.0 Å². The minimum Gasteiger partial charge on any atom is -0.484 e. The van der Waals surface area contributed by atoms with Crippen LogP contribution in [-0.2, 0) is 20.5 Å². The molecule has 7 nitrogen and oxygen atoms in total. The van der Waals surface area contributed by atoms with Crippen LogP contribution in [0.15, 0.2) is 42.5 Å². The second-order valence-electron chi connectivity index (χ2n) is 7.84. The highest BCUT2D eigenvalue weighted by molar-refractivity contribution is 6.31. The molecule has 1 saturated heterocycles. The Kier molecular flexibility index (Phi) is 9.47. The first-order chi connectivity index (χ1) is 16.6. The van der Waals surface area contributed by atoms with Gasteiger partial charge in [0.15, 0.2) is 13.2 Å². The zero-order valence-corrected chi connectivity index (χ0v) is 19.9. The fourth-order valence-electron chi connectivity index (χ4n) is 3.33. The number of halogens is 5. The molecule has 2 aromatic carbocycles. The van der Waals surface area contributed by atoms with Crippen molar-refractivity contribution in [3.8, 4) is 11.5 Å². The first kappa shape index (κ1) is 26.9. The SMILES string of the molecule is O=C(COc1ccc(Cl)cc1)NC[C@@H]1COC[C@@H]1CNC(=O)COc1ccc(Cl)c(C(F)(F)F)c1. The van der Waals surface area contributed by atoms with Crippen molar-refractivity contribution in [2.24, 2.45) is 11.8 Å². The molecule has 2 N–H and O–H groups in total. The van der Waals surface area contributed by atoms with Gasteiger partial charge in [-0.05, 0) is 42.5 Å². The monoisotopic (exact) mass is 534 g/mol. The van der Waals surface area contributed by atoms with Crippen molar-refractivity contribution in [3.63, 3.8) is 0 Å². The van der Waals surface area contributed by atoms with Crippen LogP contribution in [0.25, 0.3) is 0 Å². The van der Waals surface area contributed by atoms with Crippen LogP contribution in [0.2, 0.25) is 10.0 Å². The van der Waals surface area contributed by atoms with E-state index >= 15 is 0 Å². The van der Waals surface area contributed by atoms with Gasteiger partial charge >= 0.3 is 6.18 Å². The van der Waals surface area contributed by atoms with Gasteiger partial charge in [0, 0.05) is 29.9 Å². The van der Waals surface area contributed by atoms with Crippen LogP contribution in [0, 0.1) is 11.8 Å². The van der Waals surface area contributed by atoms with E-state index in [-0.39, 0.29) is 36.6 Å². The molecule has 3 rings (SSSR count). The van der Waals surface area contributed by atoms with E-state index in [0.29, 0.717) is 30.5 Å². The number of hydrogen-bond acceptors (Lipinski definition) is 5. The maximum atomic E-state index is 12.9. The summed E-state index contributed by atoms with van der Waals surface area (Å²) >= 11 is 11.4. The number of rotatable bonds is 10. The predicted octanol–water partition coefficient (Wildman–Crippen LogP) is 3.97. The largest absolute Gasteiger partial charge is 0.484 e. The molecule has 2 aromatic rings. The van der Waals surface area contributed by atoms with Gasteiger partial charge < -0.3 is 24.8 Å². The van der Waals surface area contributed by atoms with E-state index in [4.69, 9.17) is 37.4 Å². The summed E-state index contributed by atoms with van der Waals surface area (Å²) in [6, 6.07) is 9.69. The minimum atomic E-state index is -4.63. The van der Waals surface area contributed by atoms with Gasteiger partial charge in [-0.1, -0.05) is 23.2 Å². The summed E-state index contributed by atoms with van der Waals surface area (Å²) in [4.78, 5) is 24.2. The highest BCUT2D eigenvalue weighted by Crippen LogP contribution is 2.36. The number of alkyl halides is 3. The lowest BCUT2D eigenvalue weighted by Crippen LogP contribution is -2.40. The molecular weight excluding hydrogens is 512 g/mol. The highest BCUT2D eigenvalue weighted by Gasteiger charge is 2.33. The zero-order valence-electron chi connectivity index (χ0n) is 18.4. The molecular formula is C23H23Cl2F3N2O5. The molecule has 2 atom stereocenters. The Bertz CT molecular complexity index is 1020. The third kappa shape index (κ3) is 8.48. The molecule has 1 heterocycles. The van der Waals surface area contributed by atoms with Gasteiger partial charge in [0.05, 0.1) is 23.8 Å². The van der Waals surface area contributed by atoms with Gasteiger partial charge in [0.25, 0.3) is 11.8 Å². The third-order valence-corrected chi connectivity index (χ3v) is 5.83. The first-order valence-corrected chi connectivity index (χ1v) is 11.4. The maximum absolute atomic E-state index is 12.9. The summed E-state index contributed by atoms with van der Waals surface area (Å²) in [6.07, 6.45) is -4.63. The fraction of sp³-hybridized carbons (Fsp3) is 0.391. The Labute approximate surface area is 209 Å². The molecule has 2 amide bonds. The van der Waals surface area contributed by atoms with E-state index in [1.54, 1.807) is 24.3 Å². The summed E-state index contributed by atoms with van der Waals surface area (Å²) in [6.45, 7) is 0.795. The second-order valence-corrected chi connectivity index (χ2v) is 8.68. The second kappa shape index (κ2) is 12.3. The van der Waals surface area contributed by atoms with E-state index in [9.17, 15) is 22.8 Å². The summed E-state index contributed by atoms with van der Waals surface area (Å²) in [7, 11) is 0. The summed E-state index contributed by atoms with van der Waals surface area (Å²) in [5, 5.41) is 5.57. The fourth-order valence-corrected chi connectivity index (χ4v) is 3.68. The molecule has 0 aliphatic carbocycles. The molecule has 1 aliphatic heterocycles. The van der Waals surface area contributed by atoms with Crippen molar-refractivity contribution in [2.75, 3.05) is 39.5 Å². The molecule has 1 fully saturated rings. The Morgan fingerprint density at radius 1 is 0.886 bits per heavy atom. The highest BCUT2D eigenvalue weighted by atomic mass is 35.5. The topological polar surface area (TPSA) is 85.9 Å². The quantitative estimate of drug-likeness (QED) is 0.481. The Balaban J connectivity index is 1.38. The molecule has 0 unspecified atom stereocenters. The van der Waals surface area contributed by atoms with Gasteiger partial charge in [-0.15, -0.1) is 0 Å². The summed E-state index contributed by atoms with van der Waals surface area (Å²) in [5.74, 6) is -0.485. The lowest BCUT2D eigenvalue weighted by Gasteiger charge is -2.19. The standard InChI is InChI=1S/C23H23Cl2F3N2O5/c24-16-1-3-17(4-2-16)34-12-21(31)29-8-14-10-33-11-15(14)9-30-22(32)13-35-18-5-6-20(25)19(7-18)23(26,27)28/h1-7,14-15H,8-13H2,(H,29,31)(H,30,32)/t14-,15+/m1/s1. The Hall–Kier alpha value is -2.69. The van der Waals surface area contributed by atoms with Crippen molar-refractivity contribution in [2.45, 2.75) is 6.18 Å². The number of carbonyl (C=O) groups excluding carboxylic acids is 2. The van der Waals surface area contributed by atoms with Gasteiger partial charge in [-0.3, -0.25) is 9.59 Å². The summed E-state index contributed by atoms with van der Waals surface area (Å²) in [5.41, 5.74) is -1.04. The van der Waals surface area contributed by atoms with Crippen LogP contribution >= 0.6 is 23.2 Å². The van der Waals surface area contributed by atoms with Crippen LogP contribution in [0.3, 0.4) is 0 Å². The summed E-state index contributed by atoms with van der Waals surface area (Å²) < 4.78 is 54.8. The smallest absolute Gasteiger partial charge is 0.417 e. The number of carbonyl (C=O) groups is 2. The number of benzene rings is 2. The van der Waals surface area contributed by atoms with Crippen LogP contribution in [0.5, 0.6) is 11.5 Å².